The molecule has 1 amide bonds. The number of allylic oxidation sites excluding steroid dienone is 2. The first kappa shape index (κ1) is 41.0. The van der Waals surface area contributed by atoms with Crippen LogP contribution in [0.5, 0.6) is 0 Å². The van der Waals surface area contributed by atoms with Gasteiger partial charge in [-0.2, -0.15) is 0 Å². The van der Waals surface area contributed by atoms with Crippen LogP contribution in [0.1, 0.15) is 181 Å². The molecule has 6 nitrogen and oxygen atoms in total. The molecule has 42 heavy (non-hydrogen) atoms. The van der Waals surface area contributed by atoms with E-state index in [0.717, 1.165) is 38.5 Å². The second-order valence-electron chi connectivity index (χ2n) is 12.6. The van der Waals surface area contributed by atoms with E-state index in [0.29, 0.717) is 12.8 Å². The number of rotatable bonds is 32. The molecule has 0 spiro atoms. The maximum Gasteiger partial charge on any atom is 0.249 e. The lowest BCUT2D eigenvalue weighted by molar-refractivity contribution is -0.132. The smallest absolute Gasteiger partial charge is 0.249 e. The van der Waals surface area contributed by atoms with E-state index < -0.39 is 36.9 Å². The molecule has 0 aliphatic heterocycles. The molecule has 0 radical (unpaired) electrons. The molecule has 6 heteroatoms. The van der Waals surface area contributed by atoms with E-state index in [9.17, 15) is 25.2 Å². The Hall–Kier alpha value is -0.950. The van der Waals surface area contributed by atoms with Crippen LogP contribution in [0.4, 0.5) is 0 Å². The number of carbonyl (C=O) groups excluding carboxylic acids is 1. The van der Waals surface area contributed by atoms with E-state index in [1.165, 1.54) is 116 Å². The standard InChI is InChI=1S/C36H71NO5/c1-3-5-7-9-11-13-15-17-18-20-22-24-26-28-30-34(40)36(42)37-32(31-38)35(41)33(39)29-27-25-23-21-19-16-14-12-10-8-6-4-2/h21,23,32-35,38-41H,3-20,22,24-31H2,1-2H3,(H,37,42)/b23-21+/t32?,33-,34-,35+/m1/s1. The third-order valence-electron chi connectivity index (χ3n) is 8.48. The molecule has 0 aromatic heterocycles. The van der Waals surface area contributed by atoms with Crippen LogP contribution in [0.25, 0.3) is 0 Å². The fraction of sp³-hybridized carbons (Fsp3) is 0.917. The maximum absolute atomic E-state index is 12.4. The molecule has 0 aromatic carbocycles. The predicted molar refractivity (Wildman–Crippen MR) is 178 cm³/mol. The Bertz CT molecular complexity index is 599. The Morgan fingerprint density at radius 1 is 0.571 bits per heavy atom. The number of nitrogens with one attached hydrogen (secondary N) is 1. The van der Waals surface area contributed by atoms with Crippen molar-refractivity contribution in [1.29, 1.82) is 0 Å². The fourth-order valence-electron chi connectivity index (χ4n) is 5.52. The Balaban J connectivity index is 3.86. The van der Waals surface area contributed by atoms with E-state index in [4.69, 9.17) is 0 Å². The van der Waals surface area contributed by atoms with Gasteiger partial charge in [0.05, 0.1) is 18.8 Å². The summed E-state index contributed by atoms with van der Waals surface area (Å²) in [6.45, 7) is 4.00. The van der Waals surface area contributed by atoms with Crippen LogP contribution >= 0.6 is 0 Å². The summed E-state index contributed by atoms with van der Waals surface area (Å²) in [5.41, 5.74) is 0. The predicted octanol–water partition coefficient (Wildman–Crippen LogP) is 8.28. The van der Waals surface area contributed by atoms with Crippen LogP contribution in [-0.2, 0) is 4.79 Å². The molecule has 0 aromatic rings. The summed E-state index contributed by atoms with van der Waals surface area (Å²) in [6, 6.07) is -0.994. The second kappa shape index (κ2) is 31.5. The Kier molecular flexibility index (Phi) is 30.8. The van der Waals surface area contributed by atoms with Crippen LogP contribution < -0.4 is 5.32 Å². The molecule has 250 valence electrons. The molecule has 5 N–H and O–H groups in total. The molecular weight excluding hydrogens is 526 g/mol. The van der Waals surface area contributed by atoms with Gasteiger partial charge >= 0.3 is 0 Å². The van der Waals surface area contributed by atoms with E-state index in [-0.39, 0.29) is 0 Å². The number of hydrogen-bond donors (Lipinski definition) is 5. The quantitative estimate of drug-likeness (QED) is 0.0396. The number of amides is 1. The fourth-order valence-corrected chi connectivity index (χ4v) is 5.52. The van der Waals surface area contributed by atoms with E-state index in [1.807, 2.05) is 0 Å². The Labute approximate surface area is 260 Å². The van der Waals surface area contributed by atoms with Crippen molar-refractivity contribution in [2.75, 3.05) is 6.61 Å². The van der Waals surface area contributed by atoms with Gasteiger partial charge in [0.25, 0.3) is 0 Å². The summed E-state index contributed by atoms with van der Waals surface area (Å²) in [5.74, 6) is -0.594. The third-order valence-corrected chi connectivity index (χ3v) is 8.48. The molecule has 0 fully saturated rings. The molecule has 0 heterocycles. The van der Waals surface area contributed by atoms with Crippen LogP contribution in [0, 0.1) is 0 Å². The zero-order chi connectivity index (χ0) is 31.1. The molecule has 0 saturated heterocycles. The van der Waals surface area contributed by atoms with Crippen molar-refractivity contribution < 1.29 is 25.2 Å². The van der Waals surface area contributed by atoms with Crippen molar-refractivity contribution in [1.82, 2.24) is 5.32 Å². The zero-order valence-corrected chi connectivity index (χ0v) is 27.8. The van der Waals surface area contributed by atoms with Gasteiger partial charge in [0.2, 0.25) is 5.91 Å². The highest BCUT2D eigenvalue weighted by Crippen LogP contribution is 2.15. The minimum atomic E-state index is -1.27. The maximum atomic E-state index is 12.4. The monoisotopic (exact) mass is 598 g/mol. The first-order chi connectivity index (χ1) is 20.5. The topological polar surface area (TPSA) is 110 Å². The summed E-state index contributed by atoms with van der Waals surface area (Å²) in [7, 11) is 0. The Morgan fingerprint density at radius 2 is 0.976 bits per heavy atom. The molecular formula is C36H71NO5. The average Bonchev–Trinajstić information content (AvgIpc) is 2.99. The summed E-state index contributed by atoms with van der Waals surface area (Å²) in [6.07, 6.45) is 30.9. The van der Waals surface area contributed by atoms with Crippen molar-refractivity contribution in [3.63, 3.8) is 0 Å². The largest absolute Gasteiger partial charge is 0.394 e. The number of aliphatic hydroxyl groups is 4. The highest BCUT2D eigenvalue weighted by Gasteiger charge is 2.28. The summed E-state index contributed by atoms with van der Waals surface area (Å²) in [4.78, 5) is 12.4. The van der Waals surface area contributed by atoms with Crippen molar-refractivity contribution in [3.05, 3.63) is 12.2 Å². The first-order valence-electron chi connectivity index (χ1n) is 18.1. The summed E-state index contributed by atoms with van der Waals surface area (Å²) < 4.78 is 0. The van der Waals surface area contributed by atoms with Gasteiger partial charge in [-0.1, -0.05) is 154 Å². The SMILES string of the molecule is CCCCCCCCC/C=C/CCC[C@@H](O)[C@@H](O)C(CO)NC(=O)[C@H](O)CCCCCCCCCCCCCCCC. The van der Waals surface area contributed by atoms with Gasteiger partial charge in [-0.05, 0) is 38.5 Å². The van der Waals surface area contributed by atoms with Gasteiger partial charge in [-0.25, -0.2) is 0 Å². The van der Waals surface area contributed by atoms with Gasteiger partial charge in [0, 0.05) is 0 Å². The highest BCUT2D eigenvalue weighted by molar-refractivity contribution is 5.80. The Morgan fingerprint density at radius 3 is 1.43 bits per heavy atom. The molecule has 0 saturated carbocycles. The van der Waals surface area contributed by atoms with Gasteiger partial charge in [0.1, 0.15) is 12.2 Å². The van der Waals surface area contributed by atoms with Crippen LogP contribution in [0.2, 0.25) is 0 Å². The molecule has 0 aliphatic carbocycles. The summed E-state index contributed by atoms with van der Waals surface area (Å²) >= 11 is 0. The normalized spacial score (nSPS) is 14.7. The molecule has 0 rings (SSSR count). The number of hydrogen-bond acceptors (Lipinski definition) is 5. The van der Waals surface area contributed by atoms with E-state index in [1.54, 1.807) is 0 Å². The zero-order valence-electron chi connectivity index (χ0n) is 27.8. The average molecular weight is 598 g/mol. The van der Waals surface area contributed by atoms with Crippen molar-refractivity contribution in [2.24, 2.45) is 0 Å². The van der Waals surface area contributed by atoms with Gasteiger partial charge < -0.3 is 25.7 Å². The lowest BCUT2D eigenvalue weighted by Crippen LogP contribution is -2.53. The third kappa shape index (κ3) is 25.5. The lowest BCUT2D eigenvalue weighted by atomic mass is 10.00. The molecule has 1 unspecified atom stereocenters. The number of unbranched alkanes of at least 4 members (excludes halogenated alkanes) is 21. The molecule has 0 bridgehead atoms. The summed E-state index contributed by atoms with van der Waals surface area (Å²) in [5, 5.41) is 43.3. The number of carbonyl (C=O) groups is 1. The van der Waals surface area contributed by atoms with Gasteiger partial charge in [-0.3, -0.25) is 4.79 Å². The van der Waals surface area contributed by atoms with Crippen molar-refractivity contribution >= 4 is 5.91 Å². The van der Waals surface area contributed by atoms with Crippen molar-refractivity contribution in [3.8, 4) is 0 Å². The molecule has 0 aliphatic rings. The second-order valence-corrected chi connectivity index (χ2v) is 12.6. The van der Waals surface area contributed by atoms with Crippen LogP contribution in [-0.4, -0.2) is 57.3 Å². The minimum absolute atomic E-state index is 0.367. The lowest BCUT2D eigenvalue weighted by Gasteiger charge is -2.27. The van der Waals surface area contributed by atoms with E-state index >= 15 is 0 Å². The van der Waals surface area contributed by atoms with Gasteiger partial charge in [-0.15, -0.1) is 0 Å². The first-order valence-corrected chi connectivity index (χ1v) is 18.1. The van der Waals surface area contributed by atoms with Crippen LogP contribution in [0.3, 0.4) is 0 Å². The number of aliphatic hydroxyl groups excluding tert-OH is 4. The molecule has 4 atom stereocenters. The van der Waals surface area contributed by atoms with Crippen LogP contribution in [0.15, 0.2) is 12.2 Å². The van der Waals surface area contributed by atoms with Crippen molar-refractivity contribution in [2.45, 2.75) is 205 Å². The highest BCUT2D eigenvalue weighted by atomic mass is 16.3. The minimum Gasteiger partial charge on any atom is -0.394 e. The van der Waals surface area contributed by atoms with E-state index in [2.05, 4.69) is 31.3 Å². The van der Waals surface area contributed by atoms with Gasteiger partial charge in [0.15, 0.2) is 0 Å².